The van der Waals surface area contributed by atoms with Crippen molar-refractivity contribution in [3.8, 4) is 11.5 Å². The van der Waals surface area contributed by atoms with Gasteiger partial charge in [-0.15, -0.1) is 0 Å². The third-order valence-electron chi connectivity index (χ3n) is 6.43. The van der Waals surface area contributed by atoms with Gasteiger partial charge in [0.1, 0.15) is 23.9 Å². The van der Waals surface area contributed by atoms with Crippen LogP contribution in [0.15, 0.2) is 72.8 Å². The molecule has 0 spiro atoms. The molecule has 3 aromatic carbocycles. The van der Waals surface area contributed by atoms with Crippen molar-refractivity contribution < 1.29 is 33.3 Å². The Labute approximate surface area is 235 Å². The number of amides is 1. The molecule has 40 heavy (non-hydrogen) atoms. The maximum atomic E-state index is 13.2. The minimum Gasteiger partial charge on any atom is -0.492 e. The highest BCUT2D eigenvalue weighted by atomic mass is 19.1. The molecule has 8 heteroatoms. The van der Waals surface area contributed by atoms with E-state index >= 15 is 0 Å². The number of ether oxygens (including phenoxy) is 3. The van der Waals surface area contributed by atoms with Gasteiger partial charge in [0, 0.05) is 19.6 Å². The summed E-state index contributed by atoms with van der Waals surface area (Å²) in [6, 6.07) is 21.0. The number of carbonyl (C=O) groups is 2. The van der Waals surface area contributed by atoms with Crippen LogP contribution in [-0.2, 0) is 22.4 Å². The monoisotopic (exact) mass is 551 g/mol. The molecule has 1 unspecified atom stereocenters. The Morgan fingerprint density at radius 1 is 0.875 bits per heavy atom. The Kier molecular flexibility index (Phi) is 12.0. The zero-order valence-corrected chi connectivity index (χ0v) is 23.3. The van der Waals surface area contributed by atoms with Crippen LogP contribution >= 0.6 is 0 Å². The number of nitrogens with zero attached hydrogens (tertiary/aromatic N) is 1. The summed E-state index contributed by atoms with van der Waals surface area (Å²) < 4.78 is 30.0. The molecule has 1 atom stereocenters. The molecule has 7 nitrogen and oxygen atoms in total. The summed E-state index contributed by atoms with van der Waals surface area (Å²) in [5.41, 5.74) is 2.97. The van der Waals surface area contributed by atoms with Crippen molar-refractivity contribution in [2.24, 2.45) is 0 Å². The Morgan fingerprint density at radius 2 is 1.50 bits per heavy atom. The highest BCUT2D eigenvalue weighted by molar-refractivity contribution is 5.72. The second kappa shape index (κ2) is 15.6. The fourth-order valence-electron chi connectivity index (χ4n) is 4.13. The molecule has 0 aliphatic heterocycles. The van der Waals surface area contributed by atoms with Gasteiger partial charge in [0.05, 0.1) is 6.54 Å². The standard InChI is InChI=1S/C32H38FNO6/c1-4-38-30(31(35)36)22-25-9-15-28(16-10-25)39-21-20-34(19-5-6-24-7-13-27(33)14-8-24)32(37)40-29-17-11-26(12-18-29)23(2)3/h7-18,23,30H,4-6,19-22H2,1-3H3,(H,35,36). The fourth-order valence-corrected chi connectivity index (χ4v) is 4.13. The molecular weight excluding hydrogens is 513 g/mol. The van der Waals surface area contributed by atoms with Crippen molar-refractivity contribution in [2.75, 3.05) is 26.3 Å². The minimum atomic E-state index is -0.996. The molecule has 1 N–H and O–H groups in total. The fraction of sp³-hybridized carbons (Fsp3) is 0.375. The van der Waals surface area contributed by atoms with Gasteiger partial charge in [-0.05, 0) is 78.8 Å². The van der Waals surface area contributed by atoms with E-state index in [4.69, 9.17) is 14.2 Å². The van der Waals surface area contributed by atoms with Crippen molar-refractivity contribution in [1.82, 2.24) is 4.90 Å². The van der Waals surface area contributed by atoms with Crippen molar-refractivity contribution in [3.05, 3.63) is 95.3 Å². The SMILES string of the molecule is CCOC(Cc1ccc(OCCN(CCCc2ccc(F)cc2)C(=O)Oc2ccc(C(C)C)cc2)cc1)C(=O)O. The smallest absolute Gasteiger partial charge is 0.415 e. The normalized spacial score (nSPS) is 11.7. The number of aryl methyl sites for hydroxylation is 1. The predicted octanol–water partition coefficient (Wildman–Crippen LogP) is 6.49. The Hall–Kier alpha value is -3.91. The van der Waals surface area contributed by atoms with E-state index in [1.54, 1.807) is 60.4 Å². The molecule has 0 aliphatic carbocycles. The lowest BCUT2D eigenvalue weighted by Crippen LogP contribution is -2.37. The summed E-state index contributed by atoms with van der Waals surface area (Å²) in [5.74, 6) is 0.183. The zero-order chi connectivity index (χ0) is 28.9. The van der Waals surface area contributed by atoms with Crippen molar-refractivity contribution in [1.29, 1.82) is 0 Å². The third kappa shape index (κ3) is 10.0. The lowest BCUT2D eigenvalue weighted by molar-refractivity contribution is -0.149. The van der Waals surface area contributed by atoms with E-state index < -0.39 is 18.2 Å². The van der Waals surface area contributed by atoms with Crippen LogP contribution in [0.1, 0.15) is 49.8 Å². The topological polar surface area (TPSA) is 85.3 Å². The molecule has 3 aromatic rings. The number of rotatable bonds is 15. The number of halogens is 1. The molecule has 0 aliphatic rings. The lowest BCUT2D eigenvalue weighted by Gasteiger charge is -2.22. The van der Waals surface area contributed by atoms with Gasteiger partial charge in [0.15, 0.2) is 6.10 Å². The molecule has 3 rings (SSSR count). The van der Waals surface area contributed by atoms with E-state index in [0.717, 1.165) is 16.7 Å². The van der Waals surface area contributed by atoms with E-state index in [1.165, 1.54) is 12.1 Å². The van der Waals surface area contributed by atoms with E-state index in [-0.39, 0.29) is 18.8 Å². The molecule has 214 valence electrons. The highest BCUT2D eigenvalue weighted by Crippen LogP contribution is 2.20. The summed E-state index contributed by atoms with van der Waals surface area (Å²) in [6.45, 7) is 7.28. The van der Waals surface area contributed by atoms with Crippen LogP contribution in [0, 0.1) is 5.82 Å². The third-order valence-corrected chi connectivity index (χ3v) is 6.43. The van der Waals surface area contributed by atoms with Crippen molar-refractivity contribution in [2.45, 2.75) is 52.1 Å². The van der Waals surface area contributed by atoms with E-state index in [2.05, 4.69) is 13.8 Å². The van der Waals surface area contributed by atoms with Gasteiger partial charge in [-0.3, -0.25) is 0 Å². The van der Waals surface area contributed by atoms with Crippen LogP contribution in [0.25, 0.3) is 0 Å². The first-order chi connectivity index (χ1) is 19.2. The minimum absolute atomic E-state index is 0.244. The number of carbonyl (C=O) groups excluding carboxylic acids is 1. The average molecular weight is 552 g/mol. The Morgan fingerprint density at radius 3 is 2.10 bits per heavy atom. The molecule has 0 radical (unpaired) electrons. The number of hydrogen-bond donors (Lipinski definition) is 1. The highest BCUT2D eigenvalue weighted by Gasteiger charge is 2.19. The number of hydrogen-bond acceptors (Lipinski definition) is 5. The maximum absolute atomic E-state index is 13.2. The lowest BCUT2D eigenvalue weighted by atomic mass is 10.0. The van der Waals surface area contributed by atoms with Crippen LogP contribution < -0.4 is 9.47 Å². The summed E-state index contributed by atoms with van der Waals surface area (Å²) in [6.07, 6.45) is 0.259. The number of aliphatic carboxylic acids is 1. The van der Waals surface area contributed by atoms with Gasteiger partial charge >= 0.3 is 12.1 Å². The molecule has 1 amide bonds. The van der Waals surface area contributed by atoms with Crippen LogP contribution in [0.3, 0.4) is 0 Å². The van der Waals surface area contributed by atoms with Gasteiger partial charge in [-0.1, -0.05) is 50.2 Å². The van der Waals surface area contributed by atoms with E-state index in [0.29, 0.717) is 50.0 Å². The first kappa shape index (κ1) is 30.6. The van der Waals surface area contributed by atoms with Gasteiger partial charge in [0.2, 0.25) is 0 Å². The zero-order valence-electron chi connectivity index (χ0n) is 23.3. The van der Waals surface area contributed by atoms with Gasteiger partial charge in [0.25, 0.3) is 0 Å². The second-order valence-electron chi connectivity index (χ2n) is 9.79. The number of carboxylic acid groups (broad SMARTS) is 1. The molecule has 0 bridgehead atoms. The van der Waals surface area contributed by atoms with Crippen LogP contribution in [0.4, 0.5) is 9.18 Å². The van der Waals surface area contributed by atoms with E-state index in [9.17, 15) is 19.1 Å². The Bertz CT molecular complexity index is 1200. The van der Waals surface area contributed by atoms with Crippen molar-refractivity contribution >= 4 is 12.1 Å². The molecule has 0 aromatic heterocycles. The summed E-state index contributed by atoms with van der Waals surface area (Å²) in [5, 5.41) is 9.29. The summed E-state index contributed by atoms with van der Waals surface area (Å²) in [7, 11) is 0. The van der Waals surface area contributed by atoms with Gasteiger partial charge < -0.3 is 24.2 Å². The molecule has 0 saturated carbocycles. The van der Waals surface area contributed by atoms with Crippen molar-refractivity contribution in [3.63, 3.8) is 0 Å². The van der Waals surface area contributed by atoms with Gasteiger partial charge in [-0.25, -0.2) is 14.0 Å². The molecule has 0 saturated heterocycles. The molecule has 0 fully saturated rings. The average Bonchev–Trinajstić information content (AvgIpc) is 2.94. The molecular formula is C32H38FNO6. The first-order valence-electron chi connectivity index (χ1n) is 13.6. The first-order valence-corrected chi connectivity index (χ1v) is 13.6. The number of benzene rings is 3. The summed E-state index contributed by atoms with van der Waals surface area (Å²) in [4.78, 5) is 26.0. The Balaban J connectivity index is 1.58. The largest absolute Gasteiger partial charge is 0.492 e. The number of carboxylic acids is 1. The quantitative estimate of drug-likeness (QED) is 0.232. The molecule has 0 heterocycles. The maximum Gasteiger partial charge on any atom is 0.415 e. The van der Waals surface area contributed by atoms with Crippen LogP contribution in [0.5, 0.6) is 11.5 Å². The summed E-state index contributed by atoms with van der Waals surface area (Å²) >= 11 is 0. The van der Waals surface area contributed by atoms with E-state index in [1.807, 2.05) is 12.1 Å². The van der Waals surface area contributed by atoms with Crippen LogP contribution in [-0.4, -0.2) is 54.5 Å². The van der Waals surface area contributed by atoms with Gasteiger partial charge in [-0.2, -0.15) is 0 Å². The predicted molar refractivity (Wildman–Crippen MR) is 152 cm³/mol. The van der Waals surface area contributed by atoms with Crippen LogP contribution in [0.2, 0.25) is 0 Å². The second-order valence-corrected chi connectivity index (χ2v) is 9.79.